The molecular formula is C13H18BrNO2. The van der Waals surface area contributed by atoms with Crippen LogP contribution < -0.4 is 0 Å². The average Bonchev–Trinajstić information content (AvgIpc) is 2.31. The summed E-state index contributed by atoms with van der Waals surface area (Å²) in [5, 5.41) is 0. The number of rotatable bonds is 5. The van der Waals surface area contributed by atoms with Gasteiger partial charge in [0.2, 0.25) is 0 Å². The number of hydrogen-bond acceptors (Lipinski definition) is 2. The molecule has 94 valence electrons. The highest BCUT2D eigenvalue weighted by molar-refractivity contribution is 9.10. The van der Waals surface area contributed by atoms with Gasteiger partial charge in [-0.1, -0.05) is 11.6 Å². The van der Waals surface area contributed by atoms with Gasteiger partial charge in [0.25, 0.3) is 5.91 Å². The summed E-state index contributed by atoms with van der Waals surface area (Å²) >= 11 is 3.40. The van der Waals surface area contributed by atoms with Crippen LogP contribution in [0.15, 0.2) is 22.7 Å². The number of carbonyl (C=O) groups is 1. The molecule has 0 unspecified atom stereocenters. The van der Waals surface area contributed by atoms with Gasteiger partial charge in [-0.2, -0.15) is 0 Å². The number of benzene rings is 1. The normalized spacial score (nSPS) is 10.4. The van der Waals surface area contributed by atoms with Crippen molar-refractivity contribution < 1.29 is 9.53 Å². The van der Waals surface area contributed by atoms with Gasteiger partial charge in [0.1, 0.15) is 0 Å². The van der Waals surface area contributed by atoms with Crippen LogP contribution in [0.2, 0.25) is 0 Å². The van der Waals surface area contributed by atoms with Crippen molar-refractivity contribution in [2.24, 2.45) is 0 Å². The van der Waals surface area contributed by atoms with Crippen molar-refractivity contribution in [1.82, 2.24) is 4.90 Å². The lowest BCUT2D eigenvalue weighted by molar-refractivity contribution is 0.0709. The van der Waals surface area contributed by atoms with Crippen molar-refractivity contribution in [3.63, 3.8) is 0 Å². The molecule has 0 aliphatic rings. The molecule has 0 atom stereocenters. The lowest BCUT2D eigenvalue weighted by Crippen LogP contribution is -2.30. The second-order valence-corrected chi connectivity index (χ2v) is 4.76. The molecule has 0 N–H and O–H groups in total. The summed E-state index contributed by atoms with van der Waals surface area (Å²) in [5.41, 5.74) is 1.78. The first-order valence-corrected chi connectivity index (χ1v) is 6.45. The third-order valence-corrected chi connectivity index (χ3v) is 3.17. The second kappa shape index (κ2) is 6.77. The number of carbonyl (C=O) groups excluding carboxylic acids is 1. The highest BCUT2D eigenvalue weighted by atomic mass is 79.9. The summed E-state index contributed by atoms with van der Waals surface area (Å²) in [4.78, 5) is 13.8. The Hall–Kier alpha value is -0.870. The van der Waals surface area contributed by atoms with E-state index in [-0.39, 0.29) is 5.91 Å². The van der Waals surface area contributed by atoms with Crippen LogP contribution in [0, 0.1) is 6.92 Å². The third-order valence-electron chi connectivity index (χ3n) is 2.47. The van der Waals surface area contributed by atoms with E-state index in [0.29, 0.717) is 25.3 Å². The molecule has 1 amide bonds. The van der Waals surface area contributed by atoms with Crippen molar-refractivity contribution in [2.75, 3.05) is 26.8 Å². The molecule has 0 saturated carbocycles. The van der Waals surface area contributed by atoms with Crippen LogP contribution >= 0.6 is 15.9 Å². The number of likely N-dealkylation sites (N-methyl/N-ethyl adjacent to an activating group) is 1. The van der Waals surface area contributed by atoms with Crippen LogP contribution in [-0.2, 0) is 4.74 Å². The molecule has 0 radical (unpaired) electrons. The Bertz CT molecular complexity index is 393. The summed E-state index contributed by atoms with van der Waals surface area (Å²) < 4.78 is 6.07. The monoisotopic (exact) mass is 299 g/mol. The summed E-state index contributed by atoms with van der Waals surface area (Å²) in [5.74, 6) is 0.0141. The van der Waals surface area contributed by atoms with Crippen molar-refractivity contribution in [1.29, 1.82) is 0 Å². The maximum Gasteiger partial charge on any atom is 0.254 e. The van der Waals surface area contributed by atoms with Crippen molar-refractivity contribution in [3.05, 3.63) is 33.8 Å². The topological polar surface area (TPSA) is 29.5 Å². The van der Waals surface area contributed by atoms with E-state index in [1.54, 1.807) is 11.9 Å². The molecule has 0 heterocycles. The van der Waals surface area contributed by atoms with Crippen molar-refractivity contribution >= 4 is 21.8 Å². The number of halogens is 1. The van der Waals surface area contributed by atoms with Gasteiger partial charge in [0.15, 0.2) is 0 Å². The molecule has 1 rings (SSSR count). The summed E-state index contributed by atoms with van der Waals surface area (Å²) in [6.45, 7) is 5.77. The first kappa shape index (κ1) is 14.2. The van der Waals surface area contributed by atoms with Crippen molar-refractivity contribution in [3.8, 4) is 0 Å². The first-order valence-electron chi connectivity index (χ1n) is 5.65. The molecule has 0 aliphatic heterocycles. The van der Waals surface area contributed by atoms with Gasteiger partial charge in [0.05, 0.1) is 12.2 Å². The lowest BCUT2D eigenvalue weighted by atomic mass is 10.1. The number of nitrogens with zero attached hydrogens (tertiary/aromatic N) is 1. The summed E-state index contributed by atoms with van der Waals surface area (Å²) in [6, 6.07) is 5.77. The minimum Gasteiger partial charge on any atom is -0.380 e. The van der Waals surface area contributed by atoms with E-state index in [9.17, 15) is 4.79 Å². The third kappa shape index (κ3) is 4.13. The molecule has 0 spiro atoms. The Morgan fingerprint density at radius 3 is 2.82 bits per heavy atom. The molecule has 0 fully saturated rings. The maximum atomic E-state index is 12.2. The first-order chi connectivity index (χ1) is 8.06. The van der Waals surface area contributed by atoms with Gasteiger partial charge >= 0.3 is 0 Å². The smallest absolute Gasteiger partial charge is 0.254 e. The summed E-state index contributed by atoms with van der Waals surface area (Å²) in [6.07, 6.45) is 0. The second-order valence-electron chi connectivity index (χ2n) is 3.91. The Kier molecular flexibility index (Phi) is 5.65. The van der Waals surface area contributed by atoms with Gasteiger partial charge in [-0.05, 0) is 41.9 Å². The van der Waals surface area contributed by atoms with Gasteiger partial charge in [0, 0.05) is 24.7 Å². The van der Waals surface area contributed by atoms with Crippen LogP contribution in [0.5, 0.6) is 0 Å². The standard InChI is InChI=1S/C13H18BrNO2/c1-4-17-8-7-15(3)13(16)11-9-10(2)5-6-12(11)14/h5-6,9H,4,7-8H2,1-3H3. The van der Waals surface area contributed by atoms with E-state index < -0.39 is 0 Å². The van der Waals surface area contributed by atoms with E-state index in [2.05, 4.69) is 15.9 Å². The molecule has 1 aromatic rings. The van der Waals surface area contributed by atoms with Crippen LogP contribution in [0.4, 0.5) is 0 Å². The Morgan fingerprint density at radius 2 is 2.18 bits per heavy atom. The van der Waals surface area contributed by atoms with Gasteiger partial charge in [-0.25, -0.2) is 0 Å². The van der Waals surface area contributed by atoms with Gasteiger partial charge in [-0.15, -0.1) is 0 Å². The number of ether oxygens (including phenoxy) is 1. The quantitative estimate of drug-likeness (QED) is 0.783. The fraction of sp³-hybridized carbons (Fsp3) is 0.462. The molecule has 0 saturated heterocycles. The Morgan fingerprint density at radius 1 is 1.47 bits per heavy atom. The van der Waals surface area contributed by atoms with E-state index in [0.717, 1.165) is 10.0 Å². The minimum atomic E-state index is 0.0141. The van der Waals surface area contributed by atoms with E-state index in [4.69, 9.17) is 4.74 Å². The molecule has 0 aliphatic carbocycles. The predicted octanol–water partition coefficient (Wildman–Crippen LogP) is 2.87. The minimum absolute atomic E-state index is 0.0141. The number of aryl methyl sites for hydroxylation is 1. The van der Waals surface area contributed by atoms with Gasteiger partial charge in [-0.3, -0.25) is 4.79 Å². The lowest BCUT2D eigenvalue weighted by Gasteiger charge is -2.18. The maximum absolute atomic E-state index is 12.2. The van der Waals surface area contributed by atoms with Crippen LogP contribution in [0.1, 0.15) is 22.8 Å². The van der Waals surface area contributed by atoms with Crippen molar-refractivity contribution in [2.45, 2.75) is 13.8 Å². The molecule has 3 nitrogen and oxygen atoms in total. The Labute approximate surface area is 111 Å². The predicted molar refractivity (Wildman–Crippen MR) is 72.3 cm³/mol. The van der Waals surface area contributed by atoms with E-state index in [1.165, 1.54) is 0 Å². The molecule has 0 aromatic heterocycles. The molecule has 17 heavy (non-hydrogen) atoms. The van der Waals surface area contributed by atoms with E-state index >= 15 is 0 Å². The van der Waals surface area contributed by atoms with Crippen LogP contribution in [0.3, 0.4) is 0 Å². The van der Waals surface area contributed by atoms with Crippen LogP contribution in [-0.4, -0.2) is 37.6 Å². The summed E-state index contributed by atoms with van der Waals surface area (Å²) in [7, 11) is 1.79. The zero-order valence-electron chi connectivity index (χ0n) is 10.5. The van der Waals surface area contributed by atoms with Gasteiger partial charge < -0.3 is 9.64 Å². The Balaban J connectivity index is 2.71. The highest BCUT2D eigenvalue weighted by Gasteiger charge is 2.14. The SMILES string of the molecule is CCOCCN(C)C(=O)c1cc(C)ccc1Br. The average molecular weight is 300 g/mol. The molecule has 0 bridgehead atoms. The molecule has 1 aromatic carbocycles. The van der Waals surface area contributed by atoms with E-state index in [1.807, 2.05) is 32.0 Å². The fourth-order valence-electron chi connectivity index (χ4n) is 1.46. The van der Waals surface area contributed by atoms with Crippen LogP contribution in [0.25, 0.3) is 0 Å². The number of amides is 1. The highest BCUT2D eigenvalue weighted by Crippen LogP contribution is 2.19. The zero-order chi connectivity index (χ0) is 12.8. The number of hydrogen-bond donors (Lipinski definition) is 0. The largest absolute Gasteiger partial charge is 0.380 e. The molecule has 4 heteroatoms. The fourth-order valence-corrected chi connectivity index (χ4v) is 1.87. The molecular weight excluding hydrogens is 282 g/mol. The zero-order valence-corrected chi connectivity index (χ0v) is 12.1.